The van der Waals surface area contributed by atoms with E-state index in [4.69, 9.17) is 4.74 Å². The summed E-state index contributed by atoms with van der Waals surface area (Å²) in [5.41, 5.74) is 1.31. The molecule has 0 heterocycles. The Morgan fingerprint density at radius 2 is 1.74 bits per heavy atom. The molecule has 106 valence electrons. The van der Waals surface area contributed by atoms with Gasteiger partial charge in [0, 0.05) is 4.47 Å². The molecule has 1 aromatic rings. The van der Waals surface area contributed by atoms with Gasteiger partial charge in [0.1, 0.15) is 5.75 Å². The van der Waals surface area contributed by atoms with Gasteiger partial charge in [-0.3, -0.25) is 0 Å². The number of benzene rings is 1. The van der Waals surface area contributed by atoms with Crippen LogP contribution in [0.25, 0.3) is 0 Å². The fourth-order valence-electron chi connectivity index (χ4n) is 3.23. The summed E-state index contributed by atoms with van der Waals surface area (Å²) in [7, 11) is 0. The highest BCUT2D eigenvalue weighted by Gasteiger charge is 2.26. The monoisotopic (exact) mass is 324 g/mol. The van der Waals surface area contributed by atoms with Gasteiger partial charge in [0.15, 0.2) is 0 Å². The topological polar surface area (TPSA) is 9.23 Å². The first kappa shape index (κ1) is 14.9. The molecule has 0 aliphatic heterocycles. The second kappa shape index (κ2) is 6.30. The van der Waals surface area contributed by atoms with Crippen LogP contribution >= 0.6 is 15.9 Å². The van der Waals surface area contributed by atoms with E-state index in [1.54, 1.807) is 0 Å². The molecule has 1 fully saturated rings. The van der Waals surface area contributed by atoms with Crippen LogP contribution < -0.4 is 4.74 Å². The van der Waals surface area contributed by atoms with Gasteiger partial charge in [-0.1, -0.05) is 43.6 Å². The molecule has 1 nitrogen and oxygen atoms in total. The van der Waals surface area contributed by atoms with E-state index in [0.717, 1.165) is 22.1 Å². The molecule has 0 aromatic heterocycles. The fourth-order valence-corrected chi connectivity index (χ4v) is 3.61. The van der Waals surface area contributed by atoms with Gasteiger partial charge in [-0.15, -0.1) is 0 Å². The lowest BCUT2D eigenvalue weighted by atomic mass is 9.82. The maximum atomic E-state index is 6.32. The number of ether oxygens (including phenoxy) is 1. The van der Waals surface area contributed by atoms with E-state index in [1.807, 2.05) is 0 Å². The zero-order chi connectivity index (χ0) is 14.0. The quantitative estimate of drug-likeness (QED) is 0.685. The van der Waals surface area contributed by atoms with Crippen LogP contribution in [0.15, 0.2) is 22.7 Å². The minimum atomic E-state index is 0.387. The Balaban J connectivity index is 2.14. The maximum Gasteiger partial charge on any atom is 0.123 e. The Morgan fingerprint density at radius 1 is 1.11 bits per heavy atom. The summed E-state index contributed by atoms with van der Waals surface area (Å²) in [5.74, 6) is 3.13. The number of hydrogen-bond donors (Lipinski definition) is 0. The predicted molar refractivity (Wildman–Crippen MR) is 84.8 cm³/mol. The van der Waals surface area contributed by atoms with Gasteiger partial charge in [0.25, 0.3) is 0 Å². The Kier molecular flexibility index (Phi) is 4.94. The van der Waals surface area contributed by atoms with Crippen LogP contribution in [-0.2, 0) is 0 Å². The third kappa shape index (κ3) is 3.98. The van der Waals surface area contributed by atoms with E-state index >= 15 is 0 Å². The summed E-state index contributed by atoms with van der Waals surface area (Å²) in [5, 5.41) is 0. The zero-order valence-corrected chi connectivity index (χ0v) is 14.0. The summed E-state index contributed by atoms with van der Waals surface area (Å²) in [6.45, 7) is 9.13. The number of rotatable bonds is 3. The highest BCUT2D eigenvalue weighted by Crippen LogP contribution is 2.35. The van der Waals surface area contributed by atoms with Gasteiger partial charge < -0.3 is 4.74 Å². The Bertz CT molecular complexity index is 417. The third-order valence-corrected chi connectivity index (χ3v) is 4.52. The molecule has 0 N–H and O–H groups in total. The third-order valence-electron chi connectivity index (χ3n) is 4.02. The molecule has 2 heteroatoms. The molecule has 0 amide bonds. The van der Waals surface area contributed by atoms with Crippen molar-refractivity contribution < 1.29 is 4.74 Å². The molecule has 19 heavy (non-hydrogen) atoms. The highest BCUT2D eigenvalue weighted by atomic mass is 79.9. The van der Waals surface area contributed by atoms with Gasteiger partial charge in [0.2, 0.25) is 0 Å². The lowest BCUT2D eigenvalue weighted by Crippen LogP contribution is -2.28. The van der Waals surface area contributed by atoms with E-state index in [0.29, 0.717) is 12.0 Å². The first-order valence-corrected chi connectivity index (χ1v) is 8.21. The minimum Gasteiger partial charge on any atom is -0.490 e. The summed E-state index contributed by atoms with van der Waals surface area (Å²) in [4.78, 5) is 0. The Hall–Kier alpha value is -0.500. The van der Waals surface area contributed by atoms with Gasteiger partial charge >= 0.3 is 0 Å². The fraction of sp³-hybridized carbons (Fsp3) is 0.647. The lowest BCUT2D eigenvalue weighted by Gasteiger charge is -2.32. The van der Waals surface area contributed by atoms with Crippen molar-refractivity contribution in [2.45, 2.75) is 59.0 Å². The molecule has 1 aliphatic carbocycles. The van der Waals surface area contributed by atoms with Crippen LogP contribution in [0.1, 0.15) is 58.4 Å². The summed E-state index contributed by atoms with van der Waals surface area (Å²) in [6, 6.07) is 6.38. The van der Waals surface area contributed by atoms with Gasteiger partial charge in [0.05, 0.1) is 6.10 Å². The second-order valence-corrected chi connectivity index (χ2v) is 7.41. The molecular weight excluding hydrogens is 300 g/mol. The van der Waals surface area contributed by atoms with Crippen molar-refractivity contribution in [1.82, 2.24) is 0 Å². The normalized spacial score (nSPS) is 27.6. The predicted octanol–water partition coefficient (Wildman–Crippen LogP) is 5.78. The molecular formula is C17H25BrO. The lowest BCUT2D eigenvalue weighted by molar-refractivity contribution is 0.0998. The molecule has 0 radical (unpaired) electrons. The van der Waals surface area contributed by atoms with E-state index in [1.165, 1.54) is 24.8 Å². The van der Waals surface area contributed by atoms with Gasteiger partial charge in [-0.2, -0.15) is 0 Å². The first-order valence-electron chi connectivity index (χ1n) is 7.41. The molecule has 0 bridgehead atoms. The van der Waals surface area contributed by atoms with Crippen LogP contribution in [0.4, 0.5) is 0 Å². The van der Waals surface area contributed by atoms with Crippen molar-refractivity contribution >= 4 is 15.9 Å². The molecule has 2 unspecified atom stereocenters. The molecule has 2 atom stereocenters. The highest BCUT2D eigenvalue weighted by molar-refractivity contribution is 9.10. The Morgan fingerprint density at radius 3 is 2.32 bits per heavy atom. The van der Waals surface area contributed by atoms with Crippen LogP contribution in [0.5, 0.6) is 5.75 Å². The molecule has 1 aromatic carbocycles. The molecule has 0 spiro atoms. The smallest absolute Gasteiger partial charge is 0.123 e. The largest absolute Gasteiger partial charge is 0.490 e. The summed E-state index contributed by atoms with van der Waals surface area (Å²) < 4.78 is 7.46. The Labute approximate surface area is 125 Å². The van der Waals surface area contributed by atoms with Crippen LogP contribution in [-0.4, -0.2) is 6.10 Å². The maximum absolute atomic E-state index is 6.32. The van der Waals surface area contributed by atoms with Gasteiger partial charge in [-0.25, -0.2) is 0 Å². The number of halogens is 1. The van der Waals surface area contributed by atoms with Crippen LogP contribution in [0.3, 0.4) is 0 Å². The van der Waals surface area contributed by atoms with E-state index in [2.05, 4.69) is 61.8 Å². The molecule has 2 rings (SSSR count). The molecule has 1 saturated carbocycles. The average Bonchev–Trinajstić information content (AvgIpc) is 2.30. The van der Waals surface area contributed by atoms with Crippen molar-refractivity contribution in [3.63, 3.8) is 0 Å². The second-order valence-electron chi connectivity index (χ2n) is 6.49. The van der Waals surface area contributed by atoms with Crippen LogP contribution in [0, 0.1) is 11.8 Å². The minimum absolute atomic E-state index is 0.387. The average molecular weight is 325 g/mol. The summed E-state index contributed by atoms with van der Waals surface area (Å²) >= 11 is 3.55. The first-order chi connectivity index (χ1) is 8.95. The van der Waals surface area contributed by atoms with Gasteiger partial charge in [-0.05, 0) is 60.8 Å². The zero-order valence-electron chi connectivity index (χ0n) is 12.4. The van der Waals surface area contributed by atoms with Crippen molar-refractivity contribution in [2.24, 2.45) is 11.8 Å². The van der Waals surface area contributed by atoms with E-state index in [9.17, 15) is 0 Å². The SMILES string of the molecule is CC1CC(C)CC(Oc2ccc(Br)cc2C(C)C)C1. The van der Waals surface area contributed by atoms with Crippen LogP contribution in [0.2, 0.25) is 0 Å². The van der Waals surface area contributed by atoms with E-state index in [-0.39, 0.29) is 0 Å². The molecule has 1 aliphatic rings. The van der Waals surface area contributed by atoms with Crippen molar-refractivity contribution in [1.29, 1.82) is 0 Å². The van der Waals surface area contributed by atoms with Crippen molar-refractivity contribution in [3.05, 3.63) is 28.2 Å². The summed E-state index contributed by atoms with van der Waals surface area (Å²) in [6.07, 6.45) is 4.12. The van der Waals surface area contributed by atoms with E-state index < -0.39 is 0 Å². The van der Waals surface area contributed by atoms with Crippen molar-refractivity contribution in [3.8, 4) is 5.75 Å². The molecule has 0 saturated heterocycles. The standard InChI is InChI=1S/C17H25BrO/c1-11(2)16-10-14(18)5-6-17(16)19-15-8-12(3)7-13(4)9-15/h5-6,10-13,15H,7-9H2,1-4H3. The van der Waals surface area contributed by atoms with Crippen molar-refractivity contribution in [2.75, 3.05) is 0 Å². The number of hydrogen-bond acceptors (Lipinski definition) is 1.